The Hall–Kier alpha value is -3.15. The molecule has 0 saturated heterocycles. The number of carbonyl (C=O) groups is 1. The molecule has 0 aliphatic rings. The average molecular weight is 308 g/mol. The number of benzene rings is 1. The molecule has 1 aromatic carbocycles. The largest absolute Gasteiger partial charge is 0.465 e. The third-order valence-electron chi connectivity index (χ3n) is 3.38. The molecule has 0 spiro atoms. The number of aryl methyl sites for hydroxylation is 1. The molecule has 0 bridgehead atoms. The molecular formula is C17H16N4O2. The summed E-state index contributed by atoms with van der Waals surface area (Å²) in [7, 11) is 1.35. The van der Waals surface area contributed by atoms with Gasteiger partial charge in [-0.05, 0) is 25.1 Å². The number of pyridine rings is 1. The maximum Gasteiger partial charge on any atom is 0.340 e. The Morgan fingerprint density at radius 3 is 2.74 bits per heavy atom. The van der Waals surface area contributed by atoms with Gasteiger partial charge in [0.05, 0.1) is 30.2 Å². The van der Waals surface area contributed by atoms with Crippen LogP contribution in [0.2, 0.25) is 0 Å². The van der Waals surface area contributed by atoms with Crippen molar-refractivity contribution in [1.82, 2.24) is 14.8 Å². The van der Waals surface area contributed by atoms with Crippen molar-refractivity contribution in [3.05, 3.63) is 66.1 Å². The lowest BCUT2D eigenvalue weighted by molar-refractivity contribution is 0.0602. The van der Waals surface area contributed by atoms with E-state index in [9.17, 15) is 4.79 Å². The molecule has 0 unspecified atom stereocenters. The van der Waals surface area contributed by atoms with Crippen molar-refractivity contribution in [3.63, 3.8) is 0 Å². The number of methoxy groups -OCH3 is 1. The molecule has 3 rings (SSSR count). The lowest BCUT2D eigenvalue weighted by atomic mass is 10.2. The molecule has 0 aliphatic heterocycles. The van der Waals surface area contributed by atoms with Gasteiger partial charge >= 0.3 is 5.97 Å². The van der Waals surface area contributed by atoms with Crippen LogP contribution in [0.15, 0.2) is 54.9 Å². The van der Waals surface area contributed by atoms with Gasteiger partial charge in [0.2, 0.25) is 0 Å². The SMILES string of the molecule is COC(=O)c1ccncc1Nc1cc(C)n(-c2ccccc2)n1. The van der Waals surface area contributed by atoms with Crippen LogP contribution in [0.25, 0.3) is 5.69 Å². The Morgan fingerprint density at radius 1 is 1.22 bits per heavy atom. The predicted octanol–water partition coefficient (Wildman–Crippen LogP) is 3.11. The van der Waals surface area contributed by atoms with Gasteiger partial charge in [-0.1, -0.05) is 18.2 Å². The normalized spacial score (nSPS) is 10.3. The summed E-state index contributed by atoms with van der Waals surface area (Å²) in [4.78, 5) is 15.8. The highest BCUT2D eigenvalue weighted by molar-refractivity contribution is 5.96. The van der Waals surface area contributed by atoms with Crippen LogP contribution in [0.5, 0.6) is 0 Å². The van der Waals surface area contributed by atoms with Crippen LogP contribution in [-0.4, -0.2) is 27.8 Å². The van der Waals surface area contributed by atoms with E-state index in [1.807, 2.05) is 48.0 Å². The van der Waals surface area contributed by atoms with E-state index in [1.165, 1.54) is 7.11 Å². The topological polar surface area (TPSA) is 69.0 Å². The van der Waals surface area contributed by atoms with Gasteiger partial charge in [-0.3, -0.25) is 4.98 Å². The van der Waals surface area contributed by atoms with Crippen molar-refractivity contribution in [2.45, 2.75) is 6.92 Å². The molecule has 3 aromatic rings. The highest BCUT2D eigenvalue weighted by Crippen LogP contribution is 2.21. The fraction of sp³-hybridized carbons (Fsp3) is 0.118. The number of esters is 1. The van der Waals surface area contributed by atoms with E-state index >= 15 is 0 Å². The number of carbonyl (C=O) groups excluding carboxylic acids is 1. The highest BCUT2D eigenvalue weighted by atomic mass is 16.5. The van der Waals surface area contributed by atoms with Gasteiger partial charge in [0.1, 0.15) is 0 Å². The lowest BCUT2D eigenvalue weighted by Gasteiger charge is -2.07. The Bertz CT molecular complexity index is 828. The molecule has 6 heteroatoms. The van der Waals surface area contributed by atoms with Crippen molar-refractivity contribution in [3.8, 4) is 5.69 Å². The third kappa shape index (κ3) is 3.06. The van der Waals surface area contributed by atoms with Gasteiger partial charge in [-0.15, -0.1) is 5.10 Å². The van der Waals surface area contributed by atoms with Gasteiger partial charge in [0, 0.05) is 18.0 Å². The van der Waals surface area contributed by atoms with E-state index < -0.39 is 5.97 Å². The molecule has 2 heterocycles. The van der Waals surface area contributed by atoms with E-state index in [4.69, 9.17) is 4.74 Å². The minimum atomic E-state index is -0.422. The minimum absolute atomic E-state index is 0.411. The first-order valence-electron chi connectivity index (χ1n) is 7.10. The molecule has 0 radical (unpaired) electrons. The van der Waals surface area contributed by atoms with Crippen LogP contribution >= 0.6 is 0 Å². The predicted molar refractivity (Wildman–Crippen MR) is 87.2 cm³/mol. The van der Waals surface area contributed by atoms with Gasteiger partial charge in [0.15, 0.2) is 5.82 Å². The second-order valence-corrected chi connectivity index (χ2v) is 4.96. The molecule has 1 N–H and O–H groups in total. The molecule has 2 aromatic heterocycles. The quantitative estimate of drug-likeness (QED) is 0.750. The minimum Gasteiger partial charge on any atom is -0.465 e. The van der Waals surface area contributed by atoms with Crippen LogP contribution in [0.1, 0.15) is 16.1 Å². The van der Waals surface area contributed by atoms with Gasteiger partial charge in [0.25, 0.3) is 0 Å². The van der Waals surface area contributed by atoms with Crippen molar-refractivity contribution in [2.75, 3.05) is 12.4 Å². The van der Waals surface area contributed by atoms with E-state index in [1.54, 1.807) is 18.5 Å². The fourth-order valence-corrected chi connectivity index (χ4v) is 2.29. The number of hydrogen-bond donors (Lipinski definition) is 1. The van der Waals surface area contributed by atoms with Crippen molar-refractivity contribution < 1.29 is 9.53 Å². The van der Waals surface area contributed by atoms with E-state index in [-0.39, 0.29) is 0 Å². The number of nitrogens with one attached hydrogen (secondary N) is 1. The van der Waals surface area contributed by atoms with Crippen molar-refractivity contribution >= 4 is 17.5 Å². The highest BCUT2D eigenvalue weighted by Gasteiger charge is 2.13. The molecule has 23 heavy (non-hydrogen) atoms. The number of ether oxygens (including phenoxy) is 1. The van der Waals surface area contributed by atoms with E-state index in [0.29, 0.717) is 17.1 Å². The summed E-state index contributed by atoms with van der Waals surface area (Å²) in [6.45, 7) is 1.97. The number of para-hydroxylation sites is 1. The summed E-state index contributed by atoms with van der Waals surface area (Å²) in [5.74, 6) is 0.207. The average Bonchev–Trinajstić information content (AvgIpc) is 2.96. The van der Waals surface area contributed by atoms with E-state index in [0.717, 1.165) is 11.4 Å². The fourth-order valence-electron chi connectivity index (χ4n) is 2.29. The molecule has 6 nitrogen and oxygen atoms in total. The summed E-state index contributed by atoms with van der Waals surface area (Å²) in [5, 5.41) is 7.65. The Kier molecular flexibility index (Phi) is 4.05. The zero-order chi connectivity index (χ0) is 16.2. The first-order valence-corrected chi connectivity index (χ1v) is 7.10. The van der Waals surface area contributed by atoms with Gasteiger partial charge in [-0.2, -0.15) is 0 Å². The zero-order valence-corrected chi connectivity index (χ0v) is 12.9. The number of anilines is 2. The molecule has 116 valence electrons. The summed E-state index contributed by atoms with van der Waals surface area (Å²) in [6.07, 6.45) is 3.12. The smallest absolute Gasteiger partial charge is 0.340 e. The maximum absolute atomic E-state index is 11.8. The van der Waals surface area contributed by atoms with Gasteiger partial charge in [-0.25, -0.2) is 9.48 Å². The van der Waals surface area contributed by atoms with Gasteiger partial charge < -0.3 is 10.1 Å². The first kappa shape index (κ1) is 14.8. The monoisotopic (exact) mass is 308 g/mol. The van der Waals surface area contributed by atoms with Crippen LogP contribution in [-0.2, 0) is 4.74 Å². The number of hydrogen-bond acceptors (Lipinski definition) is 5. The zero-order valence-electron chi connectivity index (χ0n) is 12.9. The second kappa shape index (κ2) is 6.31. The second-order valence-electron chi connectivity index (χ2n) is 4.96. The summed E-state index contributed by atoms with van der Waals surface area (Å²) in [6, 6.07) is 13.3. The number of nitrogens with zero attached hydrogens (tertiary/aromatic N) is 3. The van der Waals surface area contributed by atoms with Crippen LogP contribution in [0.3, 0.4) is 0 Å². The van der Waals surface area contributed by atoms with Crippen LogP contribution in [0, 0.1) is 6.92 Å². The molecule has 0 saturated carbocycles. The molecule has 0 amide bonds. The van der Waals surface area contributed by atoms with E-state index in [2.05, 4.69) is 15.4 Å². The Balaban J connectivity index is 1.92. The molecule has 0 atom stereocenters. The van der Waals surface area contributed by atoms with Crippen molar-refractivity contribution in [2.24, 2.45) is 0 Å². The Labute approximate surface area is 133 Å². The lowest BCUT2D eigenvalue weighted by Crippen LogP contribution is -2.06. The van der Waals surface area contributed by atoms with Crippen LogP contribution in [0.4, 0.5) is 11.5 Å². The first-order chi connectivity index (χ1) is 11.2. The summed E-state index contributed by atoms with van der Waals surface area (Å²) in [5.41, 5.74) is 2.91. The standard InChI is InChI=1S/C17H16N4O2/c1-12-10-16(20-21(12)13-6-4-3-5-7-13)19-15-11-18-9-8-14(15)17(22)23-2/h3-11H,1-2H3,(H,19,20). The summed E-state index contributed by atoms with van der Waals surface area (Å²) >= 11 is 0. The molecular weight excluding hydrogens is 292 g/mol. The summed E-state index contributed by atoms with van der Waals surface area (Å²) < 4.78 is 6.61. The molecule has 0 fully saturated rings. The molecule has 0 aliphatic carbocycles. The van der Waals surface area contributed by atoms with Crippen LogP contribution < -0.4 is 5.32 Å². The third-order valence-corrected chi connectivity index (χ3v) is 3.38. The Morgan fingerprint density at radius 2 is 2.00 bits per heavy atom. The van der Waals surface area contributed by atoms with Crippen molar-refractivity contribution in [1.29, 1.82) is 0 Å². The maximum atomic E-state index is 11.8. The number of aromatic nitrogens is 3. The number of rotatable bonds is 4.